The molecule has 1 aliphatic rings. The van der Waals surface area contributed by atoms with Gasteiger partial charge in [-0.3, -0.25) is 4.79 Å². The highest BCUT2D eigenvalue weighted by molar-refractivity contribution is 5.79. The van der Waals surface area contributed by atoms with Gasteiger partial charge in [-0.25, -0.2) is 0 Å². The molecule has 1 unspecified atom stereocenters. The fraction of sp³-hybridized carbons (Fsp3) is 0.938. The molecule has 1 fully saturated rings. The van der Waals surface area contributed by atoms with Crippen molar-refractivity contribution in [2.75, 3.05) is 6.54 Å². The van der Waals surface area contributed by atoms with Crippen molar-refractivity contribution in [1.82, 2.24) is 5.32 Å². The van der Waals surface area contributed by atoms with Gasteiger partial charge in [0.25, 0.3) is 0 Å². The van der Waals surface area contributed by atoms with E-state index in [4.69, 9.17) is 5.73 Å². The van der Waals surface area contributed by atoms with Gasteiger partial charge in [-0.15, -0.1) is 0 Å². The van der Waals surface area contributed by atoms with Crippen LogP contribution in [0.3, 0.4) is 0 Å². The van der Waals surface area contributed by atoms with Crippen molar-refractivity contribution >= 4 is 5.91 Å². The first-order valence-corrected chi connectivity index (χ1v) is 8.05. The molecule has 0 heterocycles. The van der Waals surface area contributed by atoms with Gasteiger partial charge in [0.1, 0.15) is 0 Å². The molecule has 0 radical (unpaired) electrons. The Morgan fingerprint density at radius 1 is 1.16 bits per heavy atom. The zero-order valence-electron chi connectivity index (χ0n) is 13.0. The summed E-state index contributed by atoms with van der Waals surface area (Å²) in [4.78, 5) is 12.3. The van der Waals surface area contributed by atoms with Crippen LogP contribution in [0, 0.1) is 17.8 Å². The second-order valence-corrected chi connectivity index (χ2v) is 6.61. The van der Waals surface area contributed by atoms with Crippen LogP contribution < -0.4 is 11.1 Å². The second kappa shape index (κ2) is 8.57. The highest BCUT2D eigenvalue weighted by Gasteiger charge is 2.24. The summed E-state index contributed by atoms with van der Waals surface area (Å²) >= 11 is 0. The van der Waals surface area contributed by atoms with Crippen molar-refractivity contribution in [2.45, 2.75) is 71.8 Å². The van der Waals surface area contributed by atoms with E-state index in [1.807, 2.05) is 0 Å². The number of nitrogens with two attached hydrogens (primary N) is 1. The minimum absolute atomic E-state index is 0.0202. The third kappa shape index (κ3) is 5.94. The Morgan fingerprint density at radius 3 is 2.21 bits per heavy atom. The SMILES string of the molecule is CC(C)CC(CN)C(=O)N[C@@H](C)C1CCCCCC1. The van der Waals surface area contributed by atoms with Crippen LogP contribution in [-0.4, -0.2) is 18.5 Å². The molecule has 0 spiro atoms. The topological polar surface area (TPSA) is 55.1 Å². The van der Waals surface area contributed by atoms with Crippen molar-refractivity contribution in [3.05, 3.63) is 0 Å². The summed E-state index contributed by atoms with van der Waals surface area (Å²) in [5, 5.41) is 3.21. The normalized spacial score (nSPS) is 20.9. The van der Waals surface area contributed by atoms with Crippen LogP contribution in [-0.2, 0) is 4.79 Å². The fourth-order valence-corrected chi connectivity index (χ4v) is 3.15. The smallest absolute Gasteiger partial charge is 0.224 e. The second-order valence-electron chi connectivity index (χ2n) is 6.61. The molecule has 112 valence electrons. The van der Waals surface area contributed by atoms with Crippen molar-refractivity contribution in [1.29, 1.82) is 0 Å². The molecule has 0 saturated heterocycles. The van der Waals surface area contributed by atoms with Crippen LogP contribution in [0.15, 0.2) is 0 Å². The molecule has 0 aromatic rings. The predicted octanol–water partition coefficient (Wildman–Crippen LogP) is 3.08. The van der Waals surface area contributed by atoms with Crippen LogP contribution >= 0.6 is 0 Å². The van der Waals surface area contributed by atoms with Crippen LogP contribution in [0.5, 0.6) is 0 Å². The average Bonchev–Trinajstić information content (AvgIpc) is 2.64. The third-order valence-corrected chi connectivity index (χ3v) is 4.39. The van der Waals surface area contributed by atoms with Crippen LogP contribution in [0.1, 0.15) is 65.7 Å². The van der Waals surface area contributed by atoms with Crippen LogP contribution in [0.2, 0.25) is 0 Å². The number of carbonyl (C=O) groups excluding carboxylic acids is 1. The molecule has 19 heavy (non-hydrogen) atoms. The maximum Gasteiger partial charge on any atom is 0.224 e. The third-order valence-electron chi connectivity index (χ3n) is 4.39. The van der Waals surface area contributed by atoms with Gasteiger partial charge >= 0.3 is 0 Å². The first-order valence-electron chi connectivity index (χ1n) is 8.05. The maximum atomic E-state index is 12.3. The fourth-order valence-electron chi connectivity index (χ4n) is 3.15. The average molecular weight is 268 g/mol. The van der Waals surface area contributed by atoms with E-state index < -0.39 is 0 Å². The molecule has 2 atom stereocenters. The number of rotatable bonds is 6. The van der Waals surface area contributed by atoms with Crippen LogP contribution in [0.4, 0.5) is 0 Å². The van der Waals surface area contributed by atoms with Gasteiger partial charge in [-0.2, -0.15) is 0 Å². The predicted molar refractivity (Wildman–Crippen MR) is 80.8 cm³/mol. The lowest BCUT2D eigenvalue weighted by atomic mass is 9.91. The molecular formula is C16H32N2O. The molecule has 3 N–H and O–H groups in total. The first kappa shape index (κ1) is 16.5. The standard InChI is InChI=1S/C16H32N2O/c1-12(2)10-15(11-17)16(19)18-13(3)14-8-6-4-5-7-9-14/h12-15H,4-11,17H2,1-3H3,(H,18,19)/t13-,15?/m0/s1. The molecule has 0 bridgehead atoms. The lowest BCUT2D eigenvalue weighted by Crippen LogP contribution is -2.43. The van der Waals surface area contributed by atoms with Gasteiger partial charge in [-0.1, -0.05) is 39.5 Å². The monoisotopic (exact) mass is 268 g/mol. The highest BCUT2D eigenvalue weighted by atomic mass is 16.1. The van der Waals surface area contributed by atoms with E-state index in [1.165, 1.54) is 38.5 Å². The molecule has 3 heteroatoms. The molecule has 1 aliphatic carbocycles. The van der Waals surface area contributed by atoms with E-state index >= 15 is 0 Å². The van der Waals surface area contributed by atoms with E-state index in [2.05, 4.69) is 26.1 Å². The van der Waals surface area contributed by atoms with Gasteiger partial charge in [-0.05, 0) is 38.0 Å². The lowest BCUT2D eigenvalue weighted by molar-refractivity contribution is -0.126. The zero-order valence-corrected chi connectivity index (χ0v) is 13.0. The molecule has 1 saturated carbocycles. The van der Waals surface area contributed by atoms with E-state index in [-0.39, 0.29) is 11.8 Å². The zero-order chi connectivity index (χ0) is 14.3. The molecule has 0 aromatic heterocycles. The van der Waals surface area contributed by atoms with Crippen molar-refractivity contribution in [3.8, 4) is 0 Å². The van der Waals surface area contributed by atoms with Crippen LogP contribution in [0.25, 0.3) is 0 Å². The first-order chi connectivity index (χ1) is 9.04. The van der Waals surface area contributed by atoms with Gasteiger partial charge in [0.05, 0.1) is 5.92 Å². The Bertz CT molecular complexity index is 257. The van der Waals surface area contributed by atoms with Crippen molar-refractivity contribution in [3.63, 3.8) is 0 Å². The summed E-state index contributed by atoms with van der Waals surface area (Å²) in [6, 6.07) is 0.298. The number of nitrogens with one attached hydrogen (secondary N) is 1. The molecule has 3 nitrogen and oxygen atoms in total. The Kier molecular flexibility index (Phi) is 7.44. The van der Waals surface area contributed by atoms with Gasteiger partial charge in [0.15, 0.2) is 0 Å². The summed E-state index contributed by atoms with van der Waals surface area (Å²) < 4.78 is 0. The summed E-state index contributed by atoms with van der Waals surface area (Å²) in [6.45, 7) is 6.91. The Labute approximate surface area is 118 Å². The quantitative estimate of drug-likeness (QED) is 0.727. The summed E-state index contributed by atoms with van der Waals surface area (Å²) in [7, 11) is 0. The molecule has 1 amide bonds. The maximum absolute atomic E-state index is 12.3. The van der Waals surface area contributed by atoms with Crippen molar-refractivity contribution in [2.24, 2.45) is 23.5 Å². The number of hydrogen-bond donors (Lipinski definition) is 2. The Hall–Kier alpha value is -0.570. The largest absolute Gasteiger partial charge is 0.353 e. The van der Waals surface area contributed by atoms with Gasteiger partial charge in [0, 0.05) is 12.6 Å². The minimum Gasteiger partial charge on any atom is -0.353 e. The van der Waals surface area contributed by atoms with E-state index in [9.17, 15) is 4.79 Å². The summed E-state index contributed by atoms with van der Waals surface area (Å²) in [6.07, 6.45) is 8.76. The van der Waals surface area contributed by atoms with Gasteiger partial charge in [0.2, 0.25) is 5.91 Å². The van der Waals surface area contributed by atoms with E-state index in [0.717, 1.165) is 6.42 Å². The lowest BCUT2D eigenvalue weighted by Gasteiger charge is -2.26. The van der Waals surface area contributed by atoms with Gasteiger partial charge < -0.3 is 11.1 Å². The number of amides is 1. The summed E-state index contributed by atoms with van der Waals surface area (Å²) in [5.41, 5.74) is 5.74. The Balaban J connectivity index is 2.44. The van der Waals surface area contributed by atoms with E-state index in [1.54, 1.807) is 0 Å². The Morgan fingerprint density at radius 2 is 1.74 bits per heavy atom. The molecule has 1 rings (SSSR count). The molecule has 0 aliphatic heterocycles. The minimum atomic E-state index is -0.0202. The number of hydrogen-bond acceptors (Lipinski definition) is 2. The van der Waals surface area contributed by atoms with Crippen molar-refractivity contribution < 1.29 is 4.79 Å². The molecular weight excluding hydrogens is 236 g/mol. The number of carbonyl (C=O) groups is 1. The van der Waals surface area contributed by atoms with E-state index in [0.29, 0.717) is 24.4 Å². The summed E-state index contributed by atoms with van der Waals surface area (Å²) in [5.74, 6) is 1.32. The molecule has 0 aromatic carbocycles. The highest BCUT2D eigenvalue weighted by Crippen LogP contribution is 2.25.